The van der Waals surface area contributed by atoms with E-state index in [1.165, 1.54) is 14.2 Å². The lowest BCUT2D eigenvalue weighted by Gasteiger charge is -2.21. The standard InChI is InChI=1S/C25H24N2O6/c1-5-27(6-2)15-10-11-17-18(13-15)33-23-21(26-17)20(25(29)30)19(22(28)24(23)32-4)14-8-7-9-16(12-14)31-3/h7-13H,5-6H2,1-4H3,(H,29,30). The number of anilines is 1. The van der Waals surface area contributed by atoms with Gasteiger partial charge in [-0.1, -0.05) is 12.1 Å². The molecule has 33 heavy (non-hydrogen) atoms. The summed E-state index contributed by atoms with van der Waals surface area (Å²) in [6, 6.07) is 12.2. The first kappa shape index (κ1) is 22.1. The van der Waals surface area contributed by atoms with Gasteiger partial charge in [0.2, 0.25) is 11.2 Å². The summed E-state index contributed by atoms with van der Waals surface area (Å²) >= 11 is 0. The molecule has 0 spiro atoms. The van der Waals surface area contributed by atoms with Crippen LogP contribution in [0.4, 0.5) is 5.69 Å². The van der Waals surface area contributed by atoms with Crippen molar-refractivity contribution in [2.75, 3.05) is 32.2 Å². The van der Waals surface area contributed by atoms with Crippen LogP contribution in [0.15, 0.2) is 51.7 Å². The quantitative estimate of drug-likeness (QED) is 0.412. The number of ether oxygens (including phenoxy) is 2. The van der Waals surface area contributed by atoms with E-state index in [4.69, 9.17) is 13.9 Å². The van der Waals surface area contributed by atoms with Crippen molar-refractivity contribution in [2.45, 2.75) is 13.8 Å². The molecule has 0 atom stereocenters. The van der Waals surface area contributed by atoms with Gasteiger partial charge < -0.3 is 23.9 Å². The molecule has 1 aliphatic carbocycles. The molecule has 170 valence electrons. The van der Waals surface area contributed by atoms with Gasteiger partial charge in [-0.15, -0.1) is 0 Å². The summed E-state index contributed by atoms with van der Waals surface area (Å²) in [5.41, 5.74) is 1.38. The average Bonchev–Trinajstić information content (AvgIpc) is 2.82. The third-order valence-electron chi connectivity index (χ3n) is 5.63. The molecule has 1 N–H and O–H groups in total. The van der Waals surface area contributed by atoms with Gasteiger partial charge in [-0.25, -0.2) is 9.78 Å². The second kappa shape index (κ2) is 8.82. The molecule has 1 aliphatic heterocycles. The van der Waals surface area contributed by atoms with E-state index in [0.717, 1.165) is 18.8 Å². The van der Waals surface area contributed by atoms with Gasteiger partial charge >= 0.3 is 5.97 Å². The second-order valence-corrected chi connectivity index (χ2v) is 7.37. The number of nitrogens with zero attached hydrogens (tertiary/aromatic N) is 2. The van der Waals surface area contributed by atoms with Crippen LogP contribution in [0.1, 0.15) is 24.2 Å². The molecular weight excluding hydrogens is 424 g/mol. The van der Waals surface area contributed by atoms with Gasteiger partial charge in [0.25, 0.3) is 0 Å². The molecule has 0 fully saturated rings. The smallest absolute Gasteiger partial charge is 0.338 e. The van der Waals surface area contributed by atoms with Crippen LogP contribution in [0.3, 0.4) is 0 Å². The zero-order valence-electron chi connectivity index (χ0n) is 18.8. The molecule has 0 radical (unpaired) electrons. The maximum Gasteiger partial charge on any atom is 0.338 e. The third kappa shape index (κ3) is 3.73. The third-order valence-corrected chi connectivity index (χ3v) is 5.63. The summed E-state index contributed by atoms with van der Waals surface area (Å²) in [5.74, 6) is -0.909. The van der Waals surface area contributed by atoms with E-state index in [1.54, 1.807) is 30.3 Å². The summed E-state index contributed by atoms with van der Waals surface area (Å²) < 4.78 is 16.7. The van der Waals surface area contributed by atoms with Crippen LogP contribution in [0.25, 0.3) is 33.7 Å². The van der Waals surface area contributed by atoms with Crippen LogP contribution in [0.5, 0.6) is 11.5 Å². The fourth-order valence-electron chi connectivity index (χ4n) is 4.01. The zero-order chi connectivity index (χ0) is 23.7. The highest BCUT2D eigenvalue weighted by Crippen LogP contribution is 2.39. The maximum atomic E-state index is 13.4. The van der Waals surface area contributed by atoms with Crippen LogP contribution in [-0.4, -0.2) is 43.4 Å². The molecule has 0 aromatic heterocycles. The fourth-order valence-corrected chi connectivity index (χ4v) is 4.01. The van der Waals surface area contributed by atoms with Crippen molar-refractivity contribution in [3.05, 3.63) is 58.3 Å². The molecular formula is C25H24N2O6. The van der Waals surface area contributed by atoms with Crippen LogP contribution in [0, 0.1) is 0 Å². The Morgan fingerprint density at radius 1 is 1.09 bits per heavy atom. The molecule has 8 nitrogen and oxygen atoms in total. The highest BCUT2D eigenvalue weighted by atomic mass is 16.5. The number of aromatic carboxylic acids is 1. The zero-order valence-corrected chi connectivity index (χ0v) is 18.8. The lowest BCUT2D eigenvalue weighted by Crippen LogP contribution is -2.21. The Morgan fingerprint density at radius 3 is 2.48 bits per heavy atom. The first-order valence-electron chi connectivity index (χ1n) is 10.5. The molecule has 0 bridgehead atoms. The minimum absolute atomic E-state index is 0.00394. The van der Waals surface area contributed by atoms with E-state index in [2.05, 4.69) is 23.7 Å². The van der Waals surface area contributed by atoms with Gasteiger partial charge in [0.1, 0.15) is 22.5 Å². The van der Waals surface area contributed by atoms with Crippen LogP contribution in [-0.2, 0) is 0 Å². The van der Waals surface area contributed by atoms with E-state index in [1.807, 2.05) is 12.1 Å². The number of carbonyl (C=O) groups is 1. The highest BCUT2D eigenvalue weighted by molar-refractivity contribution is 6.04. The monoisotopic (exact) mass is 448 g/mol. The number of aromatic nitrogens is 1. The van der Waals surface area contributed by atoms with E-state index in [0.29, 0.717) is 22.4 Å². The molecule has 1 heterocycles. The molecule has 4 rings (SSSR count). The summed E-state index contributed by atoms with van der Waals surface area (Å²) in [6.45, 7) is 5.72. The maximum absolute atomic E-state index is 13.4. The van der Waals surface area contributed by atoms with Gasteiger partial charge in [0.05, 0.1) is 19.8 Å². The second-order valence-electron chi connectivity index (χ2n) is 7.37. The molecule has 0 unspecified atom stereocenters. The normalized spacial score (nSPS) is 11.0. The predicted molar refractivity (Wildman–Crippen MR) is 126 cm³/mol. The Hall–Kier alpha value is -4.07. The molecule has 0 amide bonds. The number of hydrogen-bond donors (Lipinski definition) is 1. The SMILES string of the molecule is CCN(CC)c1ccc2nc3c(C(=O)O)c(-c4cccc(OC)c4)c(=O)c(OC)c-3oc2c1. The van der Waals surface area contributed by atoms with E-state index in [9.17, 15) is 14.7 Å². The molecule has 8 heteroatoms. The van der Waals surface area contributed by atoms with Crippen molar-refractivity contribution in [1.29, 1.82) is 0 Å². The van der Waals surface area contributed by atoms with E-state index >= 15 is 0 Å². The van der Waals surface area contributed by atoms with Crippen molar-refractivity contribution in [3.8, 4) is 34.1 Å². The summed E-state index contributed by atoms with van der Waals surface area (Å²) in [7, 11) is 2.84. The fraction of sp³-hybridized carbons (Fsp3) is 0.240. The lowest BCUT2D eigenvalue weighted by molar-refractivity contribution is 0.0697. The Balaban J connectivity index is 2.10. The number of methoxy groups -OCH3 is 2. The number of hydrogen-bond acceptors (Lipinski definition) is 7. The largest absolute Gasteiger partial charge is 0.497 e. The topological polar surface area (TPSA) is 102 Å². The van der Waals surface area contributed by atoms with Crippen molar-refractivity contribution in [2.24, 2.45) is 0 Å². The van der Waals surface area contributed by atoms with Crippen molar-refractivity contribution >= 4 is 22.8 Å². The van der Waals surface area contributed by atoms with Crippen molar-refractivity contribution in [3.63, 3.8) is 0 Å². The van der Waals surface area contributed by atoms with Gasteiger partial charge in [-0.3, -0.25) is 4.79 Å². The summed E-state index contributed by atoms with van der Waals surface area (Å²) in [6.07, 6.45) is 0. The lowest BCUT2D eigenvalue weighted by atomic mass is 9.94. The summed E-state index contributed by atoms with van der Waals surface area (Å²) in [4.78, 5) is 32.5. The molecule has 2 aromatic carbocycles. The first-order valence-corrected chi connectivity index (χ1v) is 10.5. The number of carboxylic acid groups (broad SMARTS) is 1. The van der Waals surface area contributed by atoms with Crippen LogP contribution >= 0.6 is 0 Å². The van der Waals surface area contributed by atoms with Gasteiger partial charge in [0, 0.05) is 24.8 Å². The molecule has 2 aliphatic rings. The first-order chi connectivity index (χ1) is 15.9. The Kier molecular flexibility index (Phi) is 5.91. The molecule has 2 aromatic rings. The minimum atomic E-state index is -1.29. The molecule has 0 saturated carbocycles. The number of rotatable bonds is 7. The number of carboxylic acids is 1. The average molecular weight is 448 g/mol. The summed E-state index contributed by atoms with van der Waals surface area (Å²) in [5, 5.41) is 10.1. The van der Waals surface area contributed by atoms with Crippen molar-refractivity contribution in [1.82, 2.24) is 4.98 Å². The van der Waals surface area contributed by atoms with E-state index < -0.39 is 11.4 Å². The Bertz CT molecular complexity index is 1370. The van der Waals surface area contributed by atoms with E-state index in [-0.39, 0.29) is 28.3 Å². The highest BCUT2D eigenvalue weighted by Gasteiger charge is 2.31. The predicted octanol–water partition coefficient (Wildman–Crippen LogP) is 4.52. The Labute approximate surface area is 190 Å². The van der Waals surface area contributed by atoms with Gasteiger partial charge in [-0.05, 0) is 43.7 Å². The number of benzene rings is 3. The van der Waals surface area contributed by atoms with Crippen LogP contribution in [0.2, 0.25) is 0 Å². The Morgan fingerprint density at radius 2 is 1.85 bits per heavy atom. The molecule has 0 saturated heterocycles. The van der Waals surface area contributed by atoms with Crippen LogP contribution < -0.4 is 19.8 Å². The minimum Gasteiger partial charge on any atom is -0.497 e. The number of fused-ring (bicyclic) bond motifs is 2. The van der Waals surface area contributed by atoms with Gasteiger partial charge in [0.15, 0.2) is 11.3 Å². The van der Waals surface area contributed by atoms with Crippen molar-refractivity contribution < 1.29 is 23.8 Å². The van der Waals surface area contributed by atoms with Gasteiger partial charge in [-0.2, -0.15) is 0 Å².